The fraction of sp³-hybridized carbons (Fsp3) is 1.00. The summed E-state index contributed by atoms with van der Waals surface area (Å²) in [6.07, 6.45) is 1.86. The van der Waals surface area contributed by atoms with E-state index in [-0.39, 0.29) is 0 Å². The number of hydrogen-bond acceptors (Lipinski definition) is 2. The van der Waals surface area contributed by atoms with Crippen molar-refractivity contribution in [1.29, 1.82) is 0 Å². The van der Waals surface area contributed by atoms with Crippen LogP contribution in [0.1, 0.15) is 25.7 Å². The Kier molecular flexibility index (Phi) is 2.44. The molecule has 5 heteroatoms. The lowest BCUT2D eigenvalue weighted by Crippen LogP contribution is -2.17. The molecule has 1 aliphatic carbocycles. The molecule has 0 heterocycles. The molecule has 0 aliphatic heterocycles. The van der Waals surface area contributed by atoms with Gasteiger partial charge in [0.2, 0.25) is 9.05 Å². The van der Waals surface area contributed by atoms with Gasteiger partial charge >= 0.3 is 0 Å². The van der Waals surface area contributed by atoms with Crippen molar-refractivity contribution in [3.63, 3.8) is 0 Å². The minimum atomic E-state index is -3.46. The first-order valence-corrected chi connectivity index (χ1v) is 5.83. The third-order valence-corrected chi connectivity index (χ3v) is 4.72. The number of rotatable bonds is 4. The summed E-state index contributed by atoms with van der Waals surface area (Å²) in [6, 6.07) is 0. The van der Waals surface area contributed by atoms with Crippen LogP contribution in [-0.4, -0.2) is 19.8 Å². The quantitative estimate of drug-likeness (QED) is 0.649. The molecule has 0 N–H and O–H groups in total. The average molecular weight is 201 g/mol. The Bertz CT molecular complexity index is 233. The van der Waals surface area contributed by atoms with Crippen molar-refractivity contribution in [2.24, 2.45) is 0 Å². The van der Waals surface area contributed by atoms with E-state index in [1.807, 2.05) is 0 Å². The van der Waals surface area contributed by atoms with Crippen molar-refractivity contribution in [3.8, 4) is 0 Å². The highest BCUT2D eigenvalue weighted by Gasteiger charge is 2.52. The van der Waals surface area contributed by atoms with Crippen LogP contribution in [0.2, 0.25) is 0 Å². The first-order valence-electron chi connectivity index (χ1n) is 3.52. The molecule has 0 spiro atoms. The Labute approximate surface area is 70.2 Å². The third-order valence-electron chi connectivity index (χ3n) is 2.09. The van der Waals surface area contributed by atoms with Gasteiger partial charge in [0.15, 0.2) is 0 Å². The predicted molar refractivity (Wildman–Crippen MR) is 41.9 cm³/mol. The summed E-state index contributed by atoms with van der Waals surface area (Å²) in [6.45, 7) is -0.464. The van der Waals surface area contributed by atoms with E-state index in [0.717, 1.165) is 0 Å². The van der Waals surface area contributed by atoms with Crippen LogP contribution in [0.4, 0.5) is 4.39 Å². The summed E-state index contributed by atoms with van der Waals surface area (Å²) in [5.74, 6) is 0. The predicted octanol–water partition coefficient (Wildman–Crippen LogP) is 1.84. The fourth-order valence-electron chi connectivity index (χ4n) is 1.14. The lowest BCUT2D eigenvalue weighted by Gasteiger charge is -2.08. The third kappa shape index (κ3) is 1.85. The summed E-state index contributed by atoms with van der Waals surface area (Å²) < 4.78 is 32.7. The average Bonchev–Trinajstić information content (AvgIpc) is 2.61. The van der Waals surface area contributed by atoms with E-state index in [2.05, 4.69) is 0 Å². The molecule has 11 heavy (non-hydrogen) atoms. The second-order valence-electron chi connectivity index (χ2n) is 2.91. The van der Waals surface area contributed by atoms with Crippen molar-refractivity contribution in [3.05, 3.63) is 0 Å². The van der Waals surface area contributed by atoms with Crippen molar-refractivity contribution in [1.82, 2.24) is 0 Å². The minimum absolute atomic E-state index is 0.298. The van der Waals surface area contributed by atoms with Gasteiger partial charge in [-0.25, -0.2) is 8.42 Å². The normalized spacial score (nSPS) is 21.6. The van der Waals surface area contributed by atoms with Crippen LogP contribution in [0.3, 0.4) is 0 Å². The second-order valence-corrected chi connectivity index (χ2v) is 5.87. The van der Waals surface area contributed by atoms with Gasteiger partial charge in [-0.15, -0.1) is 0 Å². The molecule has 2 nitrogen and oxygen atoms in total. The van der Waals surface area contributed by atoms with Crippen molar-refractivity contribution in [2.75, 3.05) is 6.67 Å². The molecular weight excluding hydrogens is 191 g/mol. The van der Waals surface area contributed by atoms with Crippen LogP contribution in [0.25, 0.3) is 0 Å². The molecule has 1 rings (SSSR count). The van der Waals surface area contributed by atoms with Crippen LogP contribution < -0.4 is 0 Å². The molecule has 0 bridgehead atoms. The Hall–Kier alpha value is 0.170. The Morgan fingerprint density at radius 3 is 2.27 bits per heavy atom. The van der Waals surface area contributed by atoms with Crippen molar-refractivity contribution >= 4 is 19.7 Å². The SMILES string of the molecule is O=S(=O)(Cl)C1(CCCF)CC1. The van der Waals surface area contributed by atoms with Gasteiger partial charge in [0.1, 0.15) is 0 Å². The molecule has 0 aromatic carbocycles. The van der Waals surface area contributed by atoms with Crippen LogP contribution >= 0.6 is 10.7 Å². The Balaban J connectivity index is 2.55. The van der Waals surface area contributed by atoms with Crippen molar-refractivity contribution < 1.29 is 12.8 Å². The zero-order valence-corrected chi connectivity index (χ0v) is 7.59. The van der Waals surface area contributed by atoms with E-state index in [1.54, 1.807) is 0 Å². The lowest BCUT2D eigenvalue weighted by molar-refractivity contribution is 0.453. The Morgan fingerprint density at radius 2 is 2.00 bits per heavy atom. The second kappa shape index (κ2) is 2.90. The number of halogens is 2. The lowest BCUT2D eigenvalue weighted by atomic mass is 10.2. The fourth-order valence-corrected chi connectivity index (χ4v) is 2.82. The van der Waals surface area contributed by atoms with Gasteiger partial charge in [0.25, 0.3) is 0 Å². The van der Waals surface area contributed by atoms with Gasteiger partial charge in [-0.3, -0.25) is 4.39 Å². The van der Waals surface area contributed by atoms with E-state index in [1.165, 1.54) is 0 Å². The van der Waals surface area contributed by atoms with Gasteiger partial charge in [0, 0.05) is 10.7 Å². The van der Waals surface area contributed by atoms with Crippen molar-refractivity contribution in [2.45, 2.75) is 30.4 Å². The van der Waals surface area contributed by atoms with Gasteiger partial charge < -0.3 is 0 Å². The van der Waals surface area contributed by atoms with E-state index in [9.17, 15) is 12.8 Å². The van der Waals surface area contributed by atoms with Crippen LogP contribution in [-0.2, 0) is 9.05 Å². The first-order chi connectivity index (χ1) is 5.02. The van der Waals surface area contributed by atoms with Crippen LogP contribution in [0.15, 0.2) is 0 Å². The maximum atomic E-state index is 11.7. The first kappa shape index (κ1) is 9.26. The minimum Gasteiger partial charge on any atom is -0.251 e. The number of hydrogen-bond donors (Lipinski definition) is 0. The smallest absolute Gasteiger partial charge is 0.238 e. The highest BCUT2D eigenvalue weighted by molar-refractivity contribution is 8.15. The van der Waals surface area contributed by atoms with Gasteiger partial charge in [0.05, 0.1) is 11.4 Å². The maximum Gasteiger partial charge on any atom is 0.238 e. The van der Waals surface area contributed by atoms with E-state index >= 15 is 0 Å². The molecule has 0 saturated heterocycles. The van der Waals surface area contributed by atoms with Gasteiger partial charge in [-0.05, 0) is 25.7 Å². The van der Waals surface area contributed by atoms with E-state index in [4.69, 9.17) is 10.7 Å². The van der Waals surface area contributed by atoms with Crippen LogP contribution in [0.5, 0.6) is 0 Å². The van der Waals surface area contributed by atoms with Gasteiger partial charge in [-0.2, -0.15) is 0 Å². The molecule has 0 atom stereocenters. The largest absolute Gasteiger partial charge is 0.251 e. The maximum absolute atomic E-state index is 11.7. The highest BCUT2D eigenvalue weighted by atomic mass is 35.7. The molecular formula is C6H10ClFO2S. The van der Waals surface area contributed by atoms with Crippen LogP contribution in [0, 0.1) is 0 Å². The van der Waals surface area contributed by atoms with E-state index in [0.29, 0.717) is 25.7 Å². The zero-order valence-electron chi connectivity index (χ0n) is 6.02. The van der Waals surface area contributed by atoms with Gasteiger partial charge in [-0.1, -0.05) is 0 Å². The zero-order chi connectivity index (χ0) is 8.54. The molecule has 0 amide bonds. The molecule has 0 radical (unpaired) electrons. The summed E-state index contributed by atoms with van der Waals surface area (Å²) in [5, 5.41) is 0. The molecule has 1 saturated carbocycles. The molecule has 1 fully saturated rings. The molecule has 1 aliphatic rings. The molecule has 66 valence electrons. The standard InChI is InChI=1S/C6H10ClFO2S/c7-11(9,10)6(3-4-6)2-1-5-8/h1-5H2. The van der Waals surface area contributed by atoms with E-state index < -0.39 is 20.5 Å². The summed E-state index contributed by atoms with van der Waals surface area (Å²) in [4.78, 5) is 0. The summed E-state index contributed by atoms with van der Waals surface area (Å²) in [7, 11) is 1.71. The topological polar surface area (TPSA) is 34.1 Å². The monoisotopic (exact) mass is 200 g/mol. The summed E-state index contributed by atoms with van der Waals surface area (Å²) >= 11 is 0. The number of alkyl halides is 1. The Morgan fingerprint density at radius 1 is 1.45 bits per heavy atom. The molecule has 0 unspecified atom stereocenters. The highest BCUT2D eigenvalue weighted by Crippen LogP contribution is 2.49. The molecule has 0 aromatic heterocycles. The molecule has 0 aromatic rings. The summed E-state index contributed by atoms with van der Waals surface area (Å²) in [5.41, 5.74) is 0.